The quantitative estimate of drug-likeness (QED) is 0.710. The van der Waals surface area contributed by atoms with Crippen LogP contribution in [0.2, 0.25) is 0 Å². The summed E-state index contributed by atoms with van der Waals surface area (Å²) in [4.78, 5) is 32.1. The fraction of sp³-hybridized carbons (Fsp3) is 0.455. The van der Waals surface area contributed by atoms with Crippen molar-refractivity contribution in [2.45, 2.75) is 13.3 Å². The first kappa shape index (κ1) is 13.1. The molecule has 0 radical (unpaired) electrons. The number of carbonyl (C=O) groups is 2. The van der Waals surface area contributed by atoms with Gasteiger partial charge in [-0.15, -0.1) is 0 Å². The summed E-state index contributed by atoms with van der Waals surface area (Å²) in [5.41, 5.74) is 1.02. The van der Waals surface area contributed by atoms with Crippen molar-refractivity contribution in [1.29, 1.82) is 0 Å². The molecule has 0 saturated carbocycles. The van der Waals surface area contributed by atoms with Crippen LogP contribution in [0, 0.1) is 6.92 Å². The Morgan fingerprint density at radius 3 is 2.59 bits per heavy atom. The smallest absolute Gasteiger partial charge is 0.307 e. The molecule has 0 unspecified atom stereocenters. The maximum Gasteiger partial charge on any atom is 0.307 e. The first-order chi connectivity index (χ1) is 8.04. The molecular weight excluding hydrogens is 222 g/mol. The summed E-state index contributed by atoms with van der Waals surface area (Å²) in [5.74, 6) is -0.610. The lowest BCUT2D eigenvalue weighted by molar-refractivity contribution is -0.140. The minimum atomic E-state index is -0.348. The number of nitrogens with zero attached hydrogens (tertiary/aromatic N) is 3. The zero-order valence-electron chi connectivity index (χ0n) is 10.1. The fourth-order valence-electron chi connectivity index (χ4n) is 1.16. The molecule has 6 nitrogen and oxygen atoms in total. The Kier molecular flexibility index (Phi) is 4.56. The lowest BCUT2D eigenvalue weighted by Crippen LogP contribution is -2.30. The molecule has 1 rings (SSSR count). The molecule has 1 heterocycles. The highest BCUT2D eigenvalue weighted by atomic mass is 16.5. The van der Waals surface area contributed by atoms with Gasteiger partial charge in [0.1, 0.15) is 5.69 Å². The maximum absolute atomic E-state index is 11.8. The number of hydrogen-bond donors (Lipinski definition) is 0. The summed E-state index contributed by atoms with van der Waals surface area (Å²) < 4.78 is 4.50. The molecule has 92 valence electrons. The third-order valence-corrected chi connectivity index (χ3v) is 2.23. The van der Waals surface area contributed by atoms with E-state index in [1.54, 1.807) is 14.0 Å². The molecule has 0 aliphatic carbocycles. The van der Waals surface area contributed by atoms with Crippen molar-refractivity contribution in [3.8, 4) is 0 Å². The second-order valence-electron chi connectivity index (χ2n) is 3.60. The van der Waals surface area contributed by atoms with Crippen molar-refractivity contribution in [2.24, 2.45) is 0 Å². The molecule has 0 fully saturated rings. The second kappa shape index (κ2) is 5.93. The van der Waals surface area contributed by atoms with Gasteiger partial charge in [0.15, 0.2) is 0 Å². The first-order valence-electron chi connectivity index (χ1n) is 5.15. The van der Waals surface area contributed by atoms with Crippen LogP contribution in [0.3, 0.4) is 0 Å². The van der Waals surface area contributed by atoms with Gasteiger partial charge in [-0.05, 0) is 6.92 Å². The molecule has 0 N–H and O–H groups in total. The number of carbonyl (C=O) groups excluding carboxylic acids is 2. The van der Waals surface area contributed by atoms with Gasteiger partial charge < -0.3 is 9.64 Å². The Hall–Kier alpha value is -1.98. The van der Waals surface area contributed by atoms with Crippen LogP contribution in [0.5, 0.6) is 0 Å². The van der Waals surface area contributed by atoms with Crippen molar-refractivity contribution in [2.75, 3.05) is 20.7 Å². The van der Waals surface area contributed by atoms with Crippen molar-refractivity contribution < 1.29 is 14.3 Å². The van der Waals surface area contributed by atoms with E-state index in [4.69, 9.17) is 0 Å². The van der Waals surface area contributed by atoms with Gasteiger partial charge in [0.2, 0.25) is 0 Å². The summed E-state index contributed by atoms with van der Waals surface area (Å²) in [6.45, 7) is 2.09. The van der Waals surface area contributed by atoms with Gasteiger partial charge in [-0.2, -0.15) is 0 Å². The Labute approximate surface area is 99.6 Å². The van der Waals surface area contributed by atoms with Gasteiger partial charge in [0, 0.05) is 19.8 Å². The minimum Gasteiger partial charge on any atom is -0.469 e. The third kappa shape index (κ3) is 3.82. The number of rotatable bonds is 4. The van der Waals surface area contributed by atoms with Crippen molar-refractivity contribution in [3.63, 3.8) is 0 Å². The van der Waals surface area contributed by atoms with Gasteiger partial charge in [0.25, 0.3) is 5.91 Å². The van der Waals surface area contributed by atoms with Crippen LogP contribution in [0.1, 0.15) is 22.6 Å². The highest BCUT2D eigenvalue weighted by molar-refractivity contribution is 5.92. The van der Waals surface area contributed by atoms with Crippen LogP contribution >= 0.6 is 0 Å². The molecule has 6 heteroatoms. The van der Waals surface area contributed by atoms with E-state index in [9.17, 15) is 9.59 Å². The van der Waals surface area contributed by atoms with Gasteiger partial charge in [0.05, 0.1) is 25.4 Å². The summed E-state index contributed by atoms with van der Waals surface area (Å²) >= 11 is 0. The third-order valence-electron chi connectivity index (χ3n) is 2.23. The van der Waals surface area contributed by atoms with Crippen molar-refractivity contribution in [3.05, 3.63) is 23.8 Å². The highest BCUT2D eigenvalue weighted by Gasteiger charge is 2.14. The van der Waals surface area contributed by atoms with E-state index in [-0.39, 0.29) is 24.0 Å². The highest BCUT2D eigenvalue weighted by Crippen LogP contribution is 2.00. The zero-order chi connectivity index (χ0) is 12.8. The molecule has 1 aromatic heterocycles. The summed E-state index contributed by atoms with van der Waals surface area (Å²) in [7, 11) is 2.92. The number of esters is 1. The van der Waals surface area contributed by atoms with Crippen LogP contribution in [0.15, 0.2) is 12.4 Å². The van der Waals surface area contributed by atoms with E-state index < -0.39 is 0 Å². The predicted octanol–water partition coefficient (Wildman–Crippen LogP) is 0.420. The van der Waals surface area contributed by atoms with Crippen molar-refractivity contribution >= 4 is 11.9 Å². The zero-order valence-corrected chi connectivity index (χ0v) is 10.1. The molecule has 0 aliphatic rings. The van der Waals surface area contributed by atoms with Crippen LogP contribution in [0.25, 0.3) is 0 Å². The maximum atomic E-state index is 11.8. The fourth-order valence-corrected chi connectivity index (χ4v) is 1.16. The van der Waals surface area contributed by atoms with E-state index in [1.807, 2.05) is 0 Å². The van der Waals surface area contributed by atoms with Crippen LogP contribution in [0.4, 0.5) is 0 Å². The van der Waals surface area contributed by atoms with Gasteiger partial charge in [-0.1, -0.05) is 0 Å². The average Bonchev–Trinajstić information content (AvgIpc) is 2.35. The molecule has 1 aromatic rings. The SMILES string of the molecule is COC(=O)CCN(C)C(=O)c1cnc(C)cn1. The lowest BCUT2D eigenvalue weighted by Gasteiger charge is -2.15. The molecule has 0 aromatic carbocycles. The van der Waals surface area contributed by atoms with Crippen LogP contribution < -0.4 is 0 Å². The van der Waals surface area contributed by atoms with Gasteiger partial charge in [-0.25, -0.2) is 4.98 Å². The summed E-state index contributed by atoms with van der Waals surface area (Å²) in [6.07, 6.45) is 3.12. The van der Waals surface area contributed by atoms with Gasteiger partial charge in [-0.3, -0.25) is 14.6 Å². The van der Waals surface area contributed by atoms with E-state index in [0.717, 1.165) is 5.69 Å². The molecule has 0 atom stereocenters. The number of aromatic nitrogens is 2. The van der Waals surface area contributed by atoms with Crippen LogP contribution in [-0.2, 0) is 9.53 Å². The van der Waals surface area contributed by atoms with E-state index in [0.29, 0.717) is 6.54 Å². The summed E-state index contributed by atoms with van der Waals surface area (Å²) in [5, 5.41) is 0. The van der Waals surface area contributed by atoms with E-state index in [2.05, 4.69) is 14.7 Å². The molecule has 0 spiro atoms. The average molecular weight is 237 g/mol. The lowest BCUT2D eigenvalue weighted by atomic mass is 10.3. The predicted molar refractivity (Wildman–Crippen MR) is 60.4 cm³/mol. The van der Waals surface area contributed by atoms with E-state index >= 15 is 0 Å². The molecule has 17 heavy (non-hydrogen) atoms. The Balaban J connectivity index is 2.57. The topological polar surface area (TPSA) is 72.4 Å². The number of ether oxygens (including phenoxy) is 1. The normalized spacial score (nSPS) is 9.82. The standard InChI is InChI=1S/C11H15N3O3/c1-8-6-13-9(7-12-8)11(16)14(2)5-4-10(15)17-3/h6-7H,4-5H2,1-3H3. The Morgan fingerprint density at radius 1 is 1.35 bits per heavy atom. The van der Waals surface area contributed by atoms with E-state index in [1.165, 1.54) is 24.4 Å². The van der Waals surface area contributed by atoms with Crippen LogP contribution in [-0.4, -0.2) is 47.4 Å². The molecular formula is C11H15N3O3. The molecule has 0 bridgehead atoms. The van der Waals surface area contributed by atoms with Gasteiger partial charge >= 0.3 is 5.97 Å². The molecule has 0 saturated heterocycles. The number of aryl methyl sites for hydroxylation is 1. The minimum absolute atomic E-state index is 0.165. The molecule has 0 aliphatic heterocycles. The number of amides is 1. The first-order valence-corrected chi connectivity index (χ1v) is 5.15. The molecule has 1 amide bonds. The largest absolute Gasteiger partial charge is 0.469 e. The second-order valence-corrected chi connectivity index (χ2v) is 3.60. The monoisotopic (exact) mass is 237 g/mol. The van der Waals surface area contributed by atoms with Crippen molar-refractivity contribution in [1.82, 2.24) is 14.9 Å². The number of hydrogen-bond acceptors (Lipinski definition) is 5. The number of methoxy groups -OCH3 is 1. The Morgan fingerprint density at radius 2 is 2.06 bits per heavy atom. The summed E-state index contributed by atoms with van der Waals surface area (Å²) in [6, 6.07) is 0. The Bertz CT molecular complexity index is 403.